The van der Waals surface area contributed by atoms with Crippen LogP contribution in [0.2, 0.25) is 0 Å². The molecular weight excluding hydrogens is 298 g/mol. The lowest BCUT2D eigenvalue weighted by atomic mass is 10.2. The first-order chi connectivity index (χ1) is 10.8. The van der Waals surface area contributed by atoms with Gasteiger partial charge in [0.1, 0.15) is 18.8 Å². The van der Waals surface area contributed by atoms with Crippen molar-refractivity contribution < 1.29 is 14.4 Å². The van der Waals surface area contributed by atoms with Gasteiger partial charge in [0.2, 0.25) is 0 Å². The smallest absolute Gasteiger partial charge is 0.166 e. The number of hydrogen-bond acceptors (Lipinski definition) is 3. The van der Waals surface area contributed by atoms with Crippen LogP contribution >= 0.6 is 12.2 Å². The van der Waals surface area contributed by atoms with Crippen LogP contribution in [-0.4, -0.2) is 51.6 Å². The van der Waals surface area contributed by atoms with Crippen molar-refractivity contribution in [3.05, 3.63) is 29.8 Å². The maximum absolute atomic E-state index is 5.36. The molecule has 0 unspecified atom stereocenters. The molecule has 6 heteroatoms. The number of quaternary nitrogens is 1. The van der Waals surface area contributed by atoms with Crippen molar-refractivity contribution in [3.63, 3.8) is 0 Å². The summed E-state index contributed by atoms with van der Waals surface area (Å²) in [6.45, 7) is 6.86. The first-order valence-electron chi connectivity index (χ1n) is 7.84. The van der Waals surface area contributed by atoms with E-state index in [4.69, 9.17) is 21.7 Å². The number of ether oxygens (including phenoxy) is 2. The minimum atomic E-state index is 0.716. The lowest BCUT2D eigenvalue weighted by Crippen LogP contribution is -3.14. The van der Waals surface area contributed by atoms with Crippen molar-refractivity contribution in [2.75, 3.05) is 46.5 Å². The van der Waals surface area contributed by atoms with Gasteiger partial charge >= 0.3 is 0 Å². The molecule has 3 N–H and O–H groups in total. The zero-order valence-electron chi connectivity index (χ0n) is 13.2. The van der Waals surface area contributed by atoms with Crippen LogP contribution in [-0.2, 0) is 11.3 Å². The lowest BCUT2D eigenvalue weighted by molar-refractivity contribution is -0.908. The highest BCUT2D eigenvalue weighted by Gasteiger charge is 2.12. The molecule has 0 aromatic heterocycles. The Morgan fingerprint density at radius 3 is 2.64 bits per heavy atom. The molecule has 0 amide bonds. The van der Waals surface area contributed by atoms with Crippen molar-refractivity contribution in [2.24, 2.45) is 0 Å². The molecule has 0 bridgehead atoms. The maximum atomic E-state index is 5.36. The molecule has 1 aromatic carbocycles. The quantitative estimate of drug-likeness (QED) is 0.486. The third kappa shape index (κ3) is 6.17. The van der Waals surface area contributed by atoms with E-state index in [1.807, 2.05) is 24.3 Å². The Hall–Kier alpha value is -1.37. The van der Waals surface area contributed by atoms with Crippen LogP contribution in [0.25, 0.3) is 0 Å². The largest absolute Gasteiger partial charge is 0.497 e. The van der Waals surface area contributed by atoms with Gasteiger partial charge in [0.05, 0.1) is 26.9 Å². The monoisotopic (exact) mass is 324 g/mol. The van der Waals surface area contributed by atoms with Gasteiger partial charge < -0.3 is 25.0 Å². The summed E-state index contributed by atoms with van der Waals surface area (Å²) < 4.78 is 10.5. The molecule has 2 rings (SSSR count). The normalized spacial score (nSPS) is 15.3. The van der Waals surface area contributed by atoms with Gasteiger partial charge in [-0.25, -0.2) is 0 Å². The van der Waals surface area contributed by atoms with Crippen molar-refractivity contribution in [1.29, 1.82) is 0 Å². The van der Waals surface area contributed by atoms with Gasteiger partial charge in [0.25, 0.3) is 0 Å². The molecule has 5 nitrogen and oxygen atoms in total. The SMILES string of the molecule is COc1ccc(CNC(=S)NCCC[NH+]2CCOCC2)cc1. The minimum absolute atomic E-state index is 0.716. The number of benzene rings is 1. The molecule has 0 aliphatic carbocycles. The van der Waals surface area contributed by atoms with E-state index < -0.39 is 0 Å². The van der Waals surface area contributed by atoms with Gasteiger partial charge in [-0.1, -0.05) is 12.1 Å². The van der Waals surface area contributed by atoms with Crippen LogP contribution in [0.4, 0.5) is 0 Å². The van der Waals surface area contributed by atoms with E-state index in [-0.39, 0.29) is 0 Å². The Kier molecular flexibility index (Phi) is 7.42. The fourth-order valence-electron chi connectivity index (χ4n) is 2.44. The van der Waals surface area contributed by atoms with E-state index in [9.17, 15) is 0 Å². The second-order valence-electron chi connectivity index (χ2n) is 5.42. The van der Waals surface area contributed by atoms with Gasteiger partial charge in [-0.15, -0.1) is 0 Å². The number of morpholine rings is 1. The highest BCUT2D eigenvalue weighted by atomic mass is 32.1. The molecule has 1 fully saturated rings. The van der Waals surface area contributed by atoms with E-state index in [0.29, 0.717) is 5.11 Å². The Labute approximate surface area is 138 Å². The zero-order chi connectivity index (χ0) is 15.6. The molecule has 1 saturated heterocycles. The number of rotatable bonds is 7. The molecular formula is C16H26N3O2S+. The summed E-state index contributed by atoms with van der Waals surface area (Å²) in [5.74, 6) is 0.870. The van der Waals surface area contributed by atoms with Crippen molar-refractivity contribution in [1.82, 2.24) is 10.6 Å². The highest BCUT2D eigenvalue weighted by Crippen LogP contribution is 2.10. The Morgan fingerprint density at radius 1 is 1.23 bits per heavy atom. The predicted octanol–water partition coefficient (Wildman–Crippen LogP) is -0.0355. The fraction of sp³-hybridized carbons (Fsp3) is 0.562. The van der Waals surface area contributed by atoms with Crippen LogP contribution in [0.3, 0.4) is 0 Å². The van der Waals surface area contributed by atoms with Crippen molar-refractivity contribution in [3.8, 4) is 5.75 Å². The second-order valence-corrected chi connectivity index (χ2v) is 5.83. The van der Waals surface area contributed by atoms with Crippen LogP contribution in [0.5, 0.6) is 5.75 Å². The first kappa shape index (κ1) is 17.0. The Morgan fingerprint density at radius 2 is 1.95 bits per heavy atom. The number of nitrogens with one attached hydrogen (secondary N) is 3. The summed E-state index contributed by atoms with van der Waals surface area (Å²) in [5, 5.41) is 7.21. The summed E-state index contributed by atoms with van der Waals surface area (Å²) in [6, 6.07) is 7.99. The fourth-order valence-corrected chi connectivity index (χ4v) is 2.61. The molecule has 0 atom stereocenters. The van der Waals surface area contributed by atoms with Gasteiger partial charge in [-0.3, -0.25) is 0 Å². The van der Waals surface area contributed by atoms with Crippen molar-refractivity contribution in [2.45, 2.75) is 13.0 Å². The number of methoxy groups -OCH3 is 1. The first-order valence-corrected chi connectivity index (χ1v) is 8.24. The Bertz CT molecular complexity index is 447. The van der Waals surface area contributed by atoms with Gasteiger partial charge in [0, 0.05) is 19.5 Å². The standard InChI is InChI=1S/C16H25N3O2S/c1-20-15-5-3-14(4-6-15)13-18-16(22)17-7-2-8-19-9-11-21-12-10-19/h3-6H,2,7-13H2,1H3,(H2,17,18,22)/p+1. The Balaban J connectivity index is 1.55. The van der Waals surface area contributed by atoms with Crippen LogP contribution in [0, 0.1) is 0 Å². The van der Waals surface area contributed by atoms with Crippen LogP contribution in [0.1, 0.15) is 12.0 Å². The van der Waals surface area contributed by atoms with Crippen LogP contribution in [0.15, 0.2) is 24.3 Å². The number of thiocarbonyl (C=S) groups is 1. The van der Waals surface area contributed by atoms with Gasteiger partial charge in [0.15, 0.2) is 5.11 Å². The van der Waals surface area contributed by atoms with E-state index in [0.717, 1.165) is 51.6 Å². The van der Waals surface area contributed by atoms with E-state index in [1.54, 1.807) is 12.0 Å². The zero-order valence-corrected chi connectivity index (χ0v) is 14.0. The summed E-state index contributed by atoms with van der Waals surface area (Å²) in [6.07, 6.45) is 1.12. The lowest BCUT2D eigenvalue weighted by Gasteiger charge is -2.23. The maximum Gasteiger partial charge on any atom is 0.166 e. The summed E-state index contributed by atoms with van der Waals surface area (Å²) >= 11 is 5.30. The molecule has 0 spiro atoms. The van der Waals surface area contributed by atoms with Crippen LogP contribution < -0.4 is 20.3 Å². The van der Waals surface area contributed by atoms with Gasteiger partial charge in [-0.2, -0.15) is 0 Å². The topological polar surface area (TPSA) is 47.0 Å². The van der Waals surface area contributed by atoms with Gasteiger partial charge in [-0.05, 0) is 29.9 Å². The average molecular weight is 324 g/mol. The van der Waals surface area contributed by atoms with Crippen molar-refractivity contribution >= 4 is 17.3 Å². The summed E-state index contributed by atoms with van der Waals surface area (Å²) in [7, 11) is 1.67. The molecule has 1 heterocycles. The summed E-state index contributed by atoms with van der Waals surface area (Å²) in [5.41, 5.74) is 1.18. The molecule has 22 heavy (non-hydrogen) atoms. The molecule has 1 aliphatic rings. The van der Waals surface area contributed by atoms with E-state index in [1.165, 1.54) is 12.1 Å². The molecule has 1 aliphatic heterocycles. The predicted molar refractivity (Wildman–Crippen MR) is 91.4 cm³/mol. The highest BCUT2D eigenvalue weighted by molar-refractivity contribution is 7.80. The molecule has 1 aromatic rings. The molecule has 0 radical (unpaired) electrons. The second kappa shape index (κ2) is 9.61. The molecule has 122 valence electrons. The number of hydrogen-bond donors (Lipinski definition) is 3. The molecule has 0 saturated carbocycles. The van der Waals surface area contributed by atoms with E-state index in [2.05, 4.69) is 10.6 Å². The average Bonchev–Trinajstić information content (AvgIpc) is 2.58. The third-order valence-electron chi connectivity index (χ3n) is 3.80. The minimum Gasteiger partial charge on any atom is -0.497 e. The van der Waals surface area contributed by atoms with E-state index >= 15 is 0 Å². The summed E-state index contributed by atoms with van der Waals surface area (Å²) in [4.78, 5) is 1.63. The third-order valence-corrected chi connectivity index (χ3v) is 4.09.